The van der Waals surface area contributed by atoms with Gasteiger partial charge in [-0.2, -0.15) is 5.10 Å². The molecule has 164 valence electrons. The van der Waals surface area contributed by atoms with Crippen LogP contribution in [0.4, 0.5) is 0 Å². The van der Waals surface area contributed by atoms with Gasteiger partial charge in [0.05, 0.1) is 32.1 Å². The lowest BCUT2D eigenvalue weighted by molar-refractivity contribution is -0.121. The van der Waals surface area contributed by atoms with Gasteiger partial charge in [0.2, 0.25) is 5.91 Å². The Morgan fingerprint density at radius 1 is 1.00 bits per heavy atom. The summed E-state index contributed by atoms with van der Waals surface area (Å²) in [6.07, 6.45) is 1.03. The molecule has 0 atom stereocenters. The standard InChI is InChI=1S/C24H29N3O4/c1-17-23(18(2)27(26-17)19-6-5-7-22(16-19)30-4)12-13-24(28)25-14-15-31-21-10-8-20(29-3)9-11-21/h5-11,16H,12-15H2,1-4H3,(H,25,28). The predicted octanol–water partition coefficient (Wildman–Crippen LogP) is 3.63. The second-order valence-electron chi connectivity index (χ2n) is 7.14. The first-order valence-electron chi connectivity index (χ1n) is 10.2. The van der Waals surface area contributed by atoms with Crippen molar-refractivity contribution in [2.24, 2.45) is 0 Å². The first-order valence-corrected chi connectivity index (χ1v) is 10.2. The Morgan fingerprint density at radius 3 is 2.42 bits per heavy atom. The van der Waals surface area contributed by atoms with Crippen molar-refractivity contribution in [2.75, 3.05) is 27.4 Å². The predicted molar refractivity (Wildman–Crippen MR) is 119 cm³/mol. The number of nitrogens with zero attached hydrogens (tertiary/aromatic N) is 2. The van der Waals surface area contributed by atoms with E-state index in [4.69, 9.17) is 14.2 Å². The van der Waals surface area contributed by atoms with Crippen molar-refractivity contribution in [1.29, 1.82) is 0 Å². The summed E-state index contributed by atoms with van der Waals surface area (Å²) in [5.41, 5.74) is 3.98. The van der Waals surface area contributed by atoms with Crippen molar-refractivity contribution in [3.05, 3.63) is 65.5 Å². The van der Waals surface area contributed by atoms with Gasteiger partial charge < -0.3 is 19.5 Å². The van der Waals surface area contributed by atoms with E-state index < -0.39 is 0 Å². The fraction of sp³-hybridized carbons (Fsp3) is 0.333. The van der Waals surface area contributed by atoms with Crippen molar-refractivity contribution >= 4 is 5.91 Å². The highest BCUT2D eigenvalue weighted by molar-refractivity contribution is 5.76. The van der Waals surface area contributed by atoms with E-state index in [1.165, 1.54) is 0 Å². The molecule has 1 aromatic heterocycles. The van der Waals surface area contributed by atoms with Crippen LogP contribution in [0.3, 0.4) is 0 Å². The largest absolute Gasteiger partial charge is 0.497 e. The number of amides is 1. The number of carbonyl (C=O) groups is 1. The number of aryl methyl sites for hydroxylation is 1. The van der Waals surface area contributed by atoms with Crippen LogP contribution in [0.2, 0.25) is 0 Å². The number of ether oxygens (including phenoxy) is 3. The summed E-state index contributed by atoms with van der Waals surface area (Å²) >= 11 is 0. The molecular formula is C24H29N3O4. The highest BCUT2D eigenvalue weighted by Crippen LogP contribution is 2.22. The van der Waals surface area contributed by atoms with E-state index in [1.54, 1.807) is 14.2 Å². The van der Waals surface area contributed by atoms with E-state index >= 15 is 0 Å². The van der Waals surface area contributed by atoms with E-state index in [1.807, 2.05) is 67.1 Å². The Balaban J connectivity index is 1.49. The average molecular weight is 424 g/mol. The third-order valence-corrected chi connectivity index (χ3v) is 5.09. The normalized spacial score (nSPS) is 10.6. The van der Waals surface area contributed by atoms with Gasteiger partial charge in [0.25, 0.3) is 0 Å². The number of hydrogen-bond acceptors (Lipinski definition) is 5. The summed E-state index contributed by atoms with van der Waals surface area (Å²) in [4.78, 5) is 12.3. The number of nitrogens with one attached hydrogen (secondary N) is 1. The summed E-state index contributed by atoms with van der Waals surface area (Å²) < 4.78 is 18.0. The van der Waals surface area contributed by atoms with Gasteiger partial charge >= 0.3 is 0 Å². The minimum absolute atomic E-state index is 0.00809. The van der Waals surface area contributed by atoms with Gasteiger partial charge in [-0.25, -0.2) is 4.68 Å². The van der Waals surface area contributed by atoms with Gasteiger partial charge in [0.15, 0.2) is 0 Å². The maximum atomic E-state index is 12.3. The Bertz CT molecular complexity index is 1010. The molecule has 0 aliphatic rings. The summed E-state index contributed by atoms with van der Waals surface area (Å²) in [7, 11) is 3.27. The fourth-order valence-electron chi connectivity index (χ4n) is 3.39. The van der Waals surface area contributed by atoms with Crippen LogP contribution in [0.25, 0.3) is 5.69 Å². The fourth-order valence-corrected chi connectivity index (χ4v) is 3.39. The van der Waals surface area contributed by atoms with Crippen molar-refractivity contribution in [1.82, 2.24) is 15.1 Å². The third kappa shape index (κ3) is 5.78. The maximum absolute atomic E-state index is 12.3. The molecule has 0 saturated heterocycles. The minimum Gasteiger partial charge on any atom is -0.497 e. The van der Waals surface area contributed by atoms with Crippen LogP contribution in [-0.4, -0.2) is 43.1 Å². The van der Waals surface area contributed by atoms with Crippen molar-refractivity contribution in [2.45, 2.75) is 26.7 Å². The van der Waals surface area contributed by atoms with Crippen LogP contribution >= 0.6 is 0 Å². The zero-order chi connectivity index (χ0) is 22.2. The molecule has 3 aromatic rings. The van der Waals surface area contributed by atoms with Crippen molar-refractivity contribution < 1.29 is 19.0 Å². The molecule has 0 bridgehead atoms. The second kappa shape index (κ2) is 10.5. The van der Waals surface area contributed by atoms with Gasteiger partial charge in [-0.05, 0) is 62.2 Å². The van der Waals surface area contributed by atoms with Crippen LogP contribution in [0.5, 0.6) is 17.2 Å². The molecule has 0 aliphatic heterocycles. The smallest absolute Gasteiger partial charge is 0.220 e. The molecule has 0 spiro atoms. The van der Waals surface area contributed by atoms with Crippen LogP contribution in [0, 0.1) is 13.8 Å². The maximum Gasteiger partial charge on any atom is 0.220 e. The van der Waals surface area contributed by atoms with Crippen LogP contribution in [0.1, 0.15) is 23.4 Å². The number of hydrogen-bond donors (Lipinski definition) is 1. The van der Waals surface area contributed by atoms with Gasteiger partial charge in [-0.3, -0.25) is 4.79 Å². The number of benzene rings is 2. The summed E-state index contributed by atoms with van der Waals surface area (Å²) in [6, 6.07) is 15.1. The van der Waals surface area contributed by atoms with E-state index in [-0.39, 0.29) is 5.91 Å². The molecule has 1 amide bonds. The zero-order valence-corrected chi connectivity index (χ0v) is 18.5. The second-order valence-corrected chi connectivity index (χ2v) is 7.14. The summed E-state index contributed by atoms with van der Waals surface area (Å²) in [6.45, 7) is 4.85. The summed E-state index contributed by atoms with van der Waals surface area (Å²) in [5, 5.41) is 7.56. The topological polar surface area (TPSA) is 74.6 Å². The van der Waals surface area contributed by atoms with Gasteiger partial charge in [0.1, 0.15) is 23.9 Å². The highest BCUT2D eigenvalue weighted by Gasteiger charge is 2.14. The van der Waals surface area contributed by atoms with Gasteiger partial charge in [-0.15, -0.1) is 0 Å². The highest BCUT2D eigenvalue weighted by atomic mass is 16.5. The molecule has 7 heteroatoms. The molecule has 2 aromatic carbocycles. The van der Waals surface area contributed by atoms with E-state index in [9.17, 15) is 4.79 Å². The number of rotatable bonds is 10. The number of methoxy groups -OCH3 is 2. The van der Waals surface area contributed by atoms with E-state index in [2.05, 4.69) is 10.4 Å². The molecule has 7 nitrogen and oxygen atoms in total. The Kier molecular flexibility index (Phi) is 7.54. The van der Waals surface area contributed by atoms with Crippen LogP contribution in [-0.2, 0) is 11.2 Å². The molecular weight excluding hydrogens is 394 g/mol. The quantitative estimate of drug-likeness (QED) is 0.504. The molecule has 0 saturated carbocycles. The average Bonchev–Trinajstić information content (AvgIpc) is 3.09. The minimum atomic E-state index is -0.00809. The molecule has 0 aliphatic carbocycles. The Hall–Kier alpha value is -3.48. The molecule has 3 rings (SSSR count). The van der Waals surface area contributed by atoms with Gasteiger partial charge in [-0.1, -0.05) is 6.07 Å². The Morgan fingerprint density at radius 2 is 1.71 bits per heavy atom. The zero-order valence-electron chi connectivity index (χ0n) is 18.5. The lowest BCUT2D eigenvalue weighted by Gasteiger charge is -2.09. The van der Waals surface area contributed by atoms with Crippen LogP contribution < -0.4 is 19.5 Å². The van der Waals surface area contributed by atoms with Crippen molar-refractivity contribution in [3.63, 3.8) is 0 Å². The lowest BCUT2D eigenvalue weighted by Crippen LogP contribution is -2.28. The van der Waals surface area contributed by atoms with E-state index in [0.717, 1.165) is 39.9 Å². The molecule has 1 N–H and O–H groups in total. The molecule has 0 fully saturated rings. The van der Waals surface area contributed by atoms with Gasteiger partial charge in [0, 0.05) is 18.2 Å². The molecule has 0 unspecified atom stereocenters. The van der Waals surface area contributed by atoms with E-state index in [0.29, 0.717) is 26.0 Å². The molecule has 31 heavy (non-hydrogen) atoms. The molecule has 0 radical (unpaired) electrons. The van der Waals surface area contributed by atoms with Crippen molar-refractivity contribution in [3.8, 4) is 22.9 Å². The lowest BCUT2D eigenvalue weighted by atomic mass is 10.1. The monoisotopic (exact) mass is 423 g/mol. The third-order valence-electron chi connectivity index (χ3n) is 5.09. The SMILES string of the molecule is COc1ccc(OCCNC(=O)CCc2c(C)nn(-c3cccc(OC)c3)c2C)cc1. The first kappa shape index (κ1) is 22.2. The Labute approximate surface area is 182 Å². The van der Waals surface area contributed by atoms with Crippen LogP contribution in [0.15, 0.2) is 48.5 Å². The number of aromatic nitrogens is 2. The summed E-state index contributed by atoms with van der Waals surface area (Å²) in [5.74, 6) is 2.29. The first-order chi connectivity index (χ1) is 15.0. The number of carbonyl (C=O) groups excluding carboxylic acids is 1. The molecule has 1 heterocycles.